The summed E-state index contributed by atoms with van der Waals surface area (Å²) in [6.07, 6.45) is 0. The second-order valence-electron chi connectivity index (χ2n) is 7.11. The van der Waals surface area contributed by atoms with Gasteiger partial charge in [-0.2, -0.15) is 4.72 Å². The zero-order chi connectivity index (χ0) is 20.9. The number of carbonyl (C=O) groups excluding carboxylic acids is 1. The van der Waals surface area contributed by atoms with Gasteiger partial charge in [0.05, 0.1) is 18.0 Å². The van der Waals surface area contributed by atoms with Crippen molar-refractivity contribution < 1.29 is 17.9 Å². The summed E-state index contributed by atoms with van der Waals surface area (Å²) >= 11 is 0. The Morgan fingerprint density at radius 2 is 1.66 bits per heavy atom. The number of methoxy groups -OCH3 is 1. The molecule has 1 fully saturated rings. The number of benzene rings is 2. The molecule has 8 heteroatoms. The minimum Gasteiger partial charge on any atom is -0.497 e. The van der Waals surface area contributed by atoms with Crippen molar-refractivity contribution in [3.05, 3.63) is 60.2 Å². The molecule has 1 atom stereocenters. The van der Waals surface area contributed by atoms with E-state index in [1.165, 1.54) is 24.8 Å². The number of carbonyl (C=O) groups is 1. The molecule has 29 heavy (non-hydrogen) atoms. The number of hydrogen-bond acceptors (Lipinski definition) is 5. The molecule has 7 nitrogen and oxygen atoms in total. The number of nitrogens with one attached hydrogen (secondary N) is 1. The molecule has 0 bridgehead atoms. The van der Waals surface area contributed by atoms with Gasteiger partial charge in [-0.15, -0.1) is 0 Å². The first-order valence-corrected chi connectivity index (χ1v) is 11.1. The van der Waals surface area contributed by atoms with E-state index in [0.29, 0.717) is 18.8 Å². The number of hydrogen-bond donors (Lipinski definition) is 1. The quantitative estimate of drug-likeness (QED) is 0.742. The Morgan fingerprint density at radius 1 is 1.03 bits per heavy atom. The third-order valence-electron chi connectivity index (χ3n) is 5.01. The zero-order valence-electron chi connectivity index (χ0n) is 16.7. The number of nitrogens with zero attached hydrogens (tertiary/aromatic N) is 2. The molecule has 2 aromatic rings. The Hall–Kier alpha value is -2.42. The summed E-state index contributed by atoms with van der Waals surface area (Å²) in [6.45, 7) is 5.12. The van der Waals surface area contributed by atoms with Gasteiger partial charge in [0.2, 0.25) is 15.9 Å². The lowest BCUT2D eigenvalue weighted by atomic mass is 10.2. The molecule has 156 valence electrons. The van der Waals surface area contributed by atoms with Crippen LogP contribution in [0, 0.1) is 0 Å². The first kappa shape index (κ1) is 21.3. The lowest BCUT2D eigenvalue weighted by Crippen LogP contribution is -2.53. The highest BCUT2D eigenvalue weighted by Gasteiger charge is 2.28. The summed E-state index contributed by atoms with van der Waals surface area (Å²) in [7, 11) is -2.27. The highest BCUT2D eigenvalue weighted by molar-refractivity contribution is 7.89. The van der Waals surface area contributed by atoms with Crippen LogP contribution in [0.4, 0.5) is 0 Å². The lowest BCUT2D eigenvalue weighted by Gasteiger charge is -2.36. The minimum absolute atomic E-state index is 0.102. The van der Waals surface area contributed by atoms with Gasteiger partial charge in [-0.05, 0) is 36.8 Å². The number of amides is 1. The predicted octanol–water partition coefficient (Wildman–Crippen LogP) is 1.71. The second kappa shape index (κ2) is 9.39. The Labute approximate surface area is 172 Å². The Morgan fingerprint density at radius 3 is 2.24 bits per heavy atom. The molecule has 1 saturated heterocycles. The summed E-state index contributed by atoms with van der Waals surface area (Å²) in [4.78, 5) is 16.9. The van der Waals surface area contributed by atoms with Gasteiger partial charge >= 0.3 is 0 Å². The summed E-state index contributed by atoms with van der Waals surface area (Å²) in [5.41, 5.74) is 1.24. The molecule has 1 aliphatic heterocycles. The van der Waals surface area contributed by atoms with E-state index in [4.69, 9.17) is 4.74 Å². The lowest BCUT2D eigenvalue weighted by molar-refractivity contribution is -0.134. The van der Waals surface area contributed by atoms with Crippen LogP contribution in [0.3, 0.4) is 0 Å². The van der Waals surface area contributed by atoms with Crippen molar-refractivity contribution in [3.63, 3.8) is 0 Å². The van der Waals surface area contributed by atoms with Crippen LogP contribution >= 0.6 is 0 Å². The van der Waals surface area contributed by atoms with Crippen LogP contribution in [0.1, 0.15) is 12.5 Å². The van der Waals surface area contributed by atoms with Gasteiger partial charge in [-0.1, -0.05) is 30.3 Å². The summed E-state index contributed by atoms with van der Waals surface area (Å²) < 4.78 is 32.6. The molecule has 1 amide bonds. The third-order valence-corrected chi connectivity index (χ3v) is 6.56. The summed E-state index contributed by atoms with van der Waals surface area (Å²) in [6, 6.07) is 15.5. The highest BCUT2D eigenvalue weighted by Crippen LogP contribution is 2.16. The number of piperazine rings is 1. The van der Waals surface area contributed by atoms with Crippen LogP contribution in [0.15, 0.2) is 59.5 Å². The van der Waals surface area contributed by atoms with Gasteiger partial charge < -0.3 is 9.64 Å². The normalized spacial score (nSPS) is 16.4. The smallest absolute Gasteiger partial charge is 0.241 e. The van der Waals surface area contributed by atoms with E-state index in [-0.39, 0.29) is 10.8 Å². The molecule has 1 heterocycles. The molecule has 0 aromatic heterocycles. The Balaban J connectivity index is 1.53. The van der Waals surface area contributed by atoms with Crippen molar-refractivity contribution in [1.82, 2.24) is 14.5 Å². The van der Waals surface area contributed by atoms with Gasteiger partial charge in [0.1, 0.15) is 5.75 Å². The van der Waals surface area contributed by atoms with E-state index in [1.54, 1.807) is 24.0 Å². The minimum atomic E-state index is -3.78. The molecule has 0 radical (unpaired) electrons. The van der Waals surface area contributed by atoms with Crippen molar-refractivity contribution >= 4 is 15.9 Å². The number of ether oxygens (including phenoxy) is 1. The first-order chi connectivity index (χ1) is 13.9. The van der Waals surface area contributed by atoms with Crippen LogP contribution in [-0.2, 0) is 21.4 Å². The van der Waals surface area contributed by atoms with E-state index < -0.39 is 16.1 Å². The van der Waals surface area contributed by atoms with E-state index in [1.807, 2.05) is 18.2 Å². The van der Waals surface area contributed by atoms with Crippen molar-refractivity contribution in [1.29, 1.82) is 0 Å². The molecule has 3 rings (SSSR count). The molecular formula is C21H27N3O4S. The van der Waals surface area contributed by atoms with Crippen LogP contribution in [0.25, 0.3) is 0 Å². The number of sulfonamides is 1. The monoisotopic (exact) mass is 417 g/mol. The van der Waals surface area contributed by atoms with E-state index in [0.717, 1.165) is 19.6 Å². The van der Waals surface area contributed by atoms with E-state index in [9.17, 15) is 13.2 Å². The SMILES string of the molecule is COc1ccc(S(=O)(=O)N[C@H](C)C(=O)N2CCN(Cc3ccccc3)CC2)cc1. The van der Waals surface area contributed by atoms with Crippen molar-refractivity contribution in [3.8, 4) is 5.75 Å². The van der Waals surface area contributed by atoms with Crippen LogP contribution in [-0.4, -0.2) is 63.5 Å². The fraction of sp³-hybridized carbons (Fsp3) is 0.381. The molecule has 2 aromatic carbocycles. The molecular weight excluding hydrogens is 390 g/mol. The Kier molecular flexibility index (Phi) is 6.89. The third kappa shape index (κ3) is 5.56. The van der Waals surface area contributed by atoms with Crippen LogP contribution in [0.2, 0.25) is 0 Å². The molecule has 0 spiro atoms. The standard InChI is InChI=1S/C21H27N3O4S/c1-17(22-29(26,27)20-10-8-19(28-2)9-11-20)21(25)24-14-12-23(13-15-24)16-18-6-4-3-5-7-18/h3-11,17,22H,12-16H2,1-2H3/t17-/m1/s1. The maximum absolute atomic E-state index is 12.7. The largest absolute Gasteiger partial charge is 0.497 e. The molecule has 0 unspecified atom stereocenters. The van der Waals surface area contributed by atoms with Crippen molar-refractivity contribution in [2.45, 2.75) is 24.4 Å². The highest BCUT2D eigenvalue weighted by atomic mass is 32.2. The van der Waals surface area contributed by atoms with Gasteiger partial charge in [0.15, 0.2) is 0 Å². The van der Waals surface area contributed by atoms with Gasteiger partial charge in [-0.3, -0.25) is 9.69 Å². The zero-order valence-corrected chi connectivity index (χ0v) is 17.6. The molecule has 0 saturated carbocycles. The average molecular weight is 418 g/mol. The molecule has 0 aliphatic carbocycles. The Bertz CT molecular complexity index is 909. The second-order valence-corrected chi connectivity index (χ2v) is 8.82. The maximum atomic E-state index is 12.7. The van der Waals surface area contributed by atoms with Crippen LogP contribution in [0.5, 0.6) is 5.75 Å². The average Bonchev–Trinajstić information content (AvgIpc) is 2.74. The molecule has 1 N–H and O–H groups in total. The topological polar surface area (TPSA) is 78.9 Å². The summed E-state index contributed by atoms with van der Waals surface area (Å²) in [5.74, 6) is 0.364. The van der Waals surface area contributed by atoms with Gasteiger partial charge in [0, 0.05) is 32.7 Å². The molecule has 1 aliphatic rings. The maximum Gasteiger partial charge on any atom is 0.241 e. The van der Waals surface area contributed by atoms with Crippen LogP contribution < -0.4 is 9.46 Å². The summed E-state index contributed by atoms with van der Waals surface area (Å²) in [5, 5.41) is 0. The van der Waals surface area contributed by atoms with E-state index in [2.05, 4.69) is 21.8 Å². The number of rotatable bonds is 7. The van der Waals surface area contributed by atoms with Gasteiger partial charge in [0.25, 0.3) is 0 Å². The van der Waals surface area contributed by atoms with Crippen molar-refractivity contribution in [2.24, 2.45) is 0 Å². The van der Waals surface area contributed by atoms with Crippen molar-refractivity contribution in [2.75, 3.05) is 33.3 Å². The van der Waals surface area contributed by atoms with Gasteiger partial charge in [-0.25, -0.2) is 8.42 Å². The fourth-order valence-corrected chi connectivity index (χ4v) is 4.54. The van der Waals surface area contributed by atoms with E-state index >= 15 is 0 Å². The predicted molar refractivity (Wildman–Crippen MR) is 111 cm³/mol. The first-order valence-electron chi connectivity index (χ1n) is 9.60. The fourth-order valence-electron chi connectivity index (χ4n) is 3.35.